The first-order valence-corrected chi connectivity index (χ1v) is 7.35. The van der Waals surface area contributed by atoms with E-state index in [2.05, 4.69) is 15.3 Å². The number of nitrogens with zero attached hydrogens (tertiary/aromatic N) is 1. The first kappa shape index (κ1) is 14.2. The summed E-state index contributed by atoms with van der Waals surface area (Å²) in [6.45, 7) is 4.86. The molecule has 2 aromatic rings. The second kappa shape index (κ2) is 5.81. The first-order chi connectivity index (χ1) is 9.08. The molecule has 6 heteroatoms. The molecule has 3 N–H and O–H groups in total. The lowest BCUT2D eigenvalue weighted by Gasteiger charge is -2.25. The average molecular weight is 281 g/mol. The maximum Gasteiger partial charge on any atom is 0.268 e. The minimum Gasteiger partial charge on any atom is -0.389 e. The van der Waals surface area contributed by atoms with Gasteiger partial charge in [0.25, 0.3) is 5.56 Å². The van der Waals surface area contributed by atoms with Gasteiger partial charge in [-0.05, 0) is 24.3 Å². The van der Waals surface area contributed by atoms with Gasteiger partial charge in [-0.2, -0.15) is 0 Å². The largest absolute Gasteiger partial charge is 0.389 e. The minimum atomic E-state index is -0.688. The third kappa shape index (κ3) is 3.20. The van der Waals surface area contributed by atoms with Crippen molar-refractivity contribution in [2.24, 2.45) is 0 Å². The fraction of sp³-hybridized carbons (Fsp3) is 0.538. The number of aromatic nitrogens is 2. The number of aromatic amines is 1. The van der Waals surface area contributed by atoms with Gasteiger partial charge in [-0.25, -0.2) is 4.98 Å². The summed E-state index contributed by atoms with van der Waals surface area (Å²) >= 11 is 1.39. The van der Waals surface area contributed by atoms with Crippen molar-refractivity contribution in [3.63, 3.8) is 0 Å². The van der Waals surface area contributed by atoms with Crippen LogP contribution in [0, 0.1) is 0 Å². The van der Waals surface area contributed by atoms with Crippen molar-refractivity contribution in [1.82, 2.24) is 15.3 Å². The lowest BCUT2D eigenvalue weighted by Crippen LogP contribution is -2.39. The predicted octanol–water partition coefficient (Wildman–Crippen LogP) is 1.63. The molecule has 0 aliphatic rings. The molecular weight excluding hydrogens is 262 g/mol. The predicted molar refractivity (Wildman–Crippen MR) is 77.5 cm³/mol. The van der Waals surface area contributed by atoms with Gasteiger partial charge in [0.15, 0.2) is 0 Å². The van der Waals surface area contributed by atoms with Gasteiger partial charge in [-0.3, -0.25) is 4.79 Å². The number of aliphatic hydroxyl groups is 1. The smallest absolute Gasteiger partial charge is 0.268 e. The molecule has 2 rings (SSSR count). The molecule has 2 aromatic heterocycles. The van der Waals surface area contributed by atoms with Crippen molar-refractivity contribution in [1.29, 1.82) is 0 Å². The van der Waals surface area contributed by atoms with E-state index in [9.17, 15) is 9.90 Å². The Labute approximate surface area is 115 Å². The molecule has 0 aromatic carbocycles. The van der Waals surface area contributed by atoms with Crippen molar-refractivity contribution in [2.45, 2.75) is 38.8 Å². The number of hydrogen-bond donors (Lipinski definition) is 3. The van der Waals surface area contributed by atoms with Gasteiger partial charge in [0.05, 0.1) is 17.7 Å². The molecule has 0 amide bonds. The fourth-order valence-corrected chi connectivity index (χ4v) is 2.64. The molecule has 0 unspecified atom stereocenters. The topological polar surface area (TPSA) is 78.0 Å². The van der Waals surface area contributed by atoms with E-state index in [1.807, 2.05) is 25.3 Å². The van der Waals surface area contributed by atoms with Crippen LogP contribution in [0.3, 0.4) is 0 Å². The number of thiophene rings is 1. The highest BCUT2D eigenvalue weighted by Crippen LogP contribution is 2.14. The molecule has 5 nitrogen and oxygen atoms in total. The van der Waals surface area contributed by atoms with Gasteiger partial charge >= 0.3 is 0 Å². The molecular formula is C13H19N3O2S. The first-order valence-electron chi connectivity index (χ1n) is 6.47. The quantitative estimate of drug-likeness (QED) is 0.752. The van der Waals surface area contributed by atoms with E-state index >= 15 is 0 Å². The molecule has 0 aliphatic heterocycles. The van der Waals surface area contributed by atoms with Crippen LogP contribution in [0.25, 0.3) is 10.2 Å². The van der Waals surface area contributed by atoms with Crippen molar-refractivity contribution in [3.05, 3.63) is 27.6 Å². The van der Waals surface area contributed by atoms with Gasteiger partial charge < -0.3 is 15.4 Å². The number of hydrogen-bond acceptors (Lipinski definition) is 5. The van der Waals surface area contributed by atoms with Crippen LogP contribution in [-0.2, 0) is 6.54 Å². The van der Waals surface area contributed by atoms with E-state index in [0.29, 0.717) is 36.5 Å². The normalized spacial score (nSPS) is 12.2. The summed E-state index contributed by atoms with van der Waals surface area (Å²) in [5, 5.41) is 15.2. The number of H-pyrrole nitrogens is 1. The van der Waals surface area contributed by atoms with Crippen LogP contribution in [0.1, 0.15) is 32.5 Å². The lowest BCUT2D eigenvalue weighted by atomic mass is 9.98. The maximum atomic E-state index is 11.8. The monoisotopic (exact) mass is 281 g/mol. The molecule has 0 aliphatic carbocycles. The Balaban J connectivity index is 2.04. The molecule has 0 saturated heterocycles. The maximum absolute atomic E-state index is 11.8. The molecule has 0 saturated carbocycles. The minimum absolute atomic E-state index is 0.0990. The average Bonchev–Trinajstić information content (AvgIpc) is 2.87. The fourth-order valence-electron chi connectivity index (χ4n) is 1.92. The molecule has 2 heterocycles. The molecule has 0 radical (unpaired) electrons. The van der Waals surface area contributed by atoms with Gasteiger partial charge in [0.1, 0.15) is 10.5 Å². The number of rotatable bonds is 6. The number of fused-ring (bicyclic) bond motifs is 1. The highest BCUT2D eigenvalue weighted by molar-refractivity contribution is 7.17. The molecule has 104 valence electrons. The van der Waals surface area contributed by atoms with Crippen LogP contribution in [0.2, 0.25) is 0 Å². The Kier molecular flexibility index (Phi) is 4.34. The Bertz CT molecular complexity index is 601. The van der Waals surface area contributed by atoms with Crippen LogP contribution in [0.15, 0.2) is 16.2 Å². The van der Waals surface area contributed by atoms with Crippen molar-refractivity contribution in [3.8, 4) is 0 Å². The molecule has 0 bridgehead atoms. The van der Waals surface area contributed by atoms with Crippen molar-refractivity contribution in [2.75, 3.05) is 6.54 Å². The standard InChI is InChI=1S/C13H19N3O2S/c1-3-13(18,4-2)8-14-7-10-15-9-5-6-19-11(9)12(17)16-10/h5-6,14,18H,3-4,7-8H2,1-2H3,(H,15,16,17). The van der Waals surface area contributed by atoms with E-state index in [0.717, 1.165) is 5.52 Å². The number of nitrogens with one attached hydrogen (secondary N) is 2. The summed E-state index contributed by atoms with van der Waals surface area (Å²) in [7, 11) is 0. The SMILES string of the molecule is CCC(O)(CC)CNCc1nc2ccsc2c(=O)[nH]1. The second-order valence-electron chi connectivity index (χ2n) is 4.68. The lowest BCUT2D eigenvalue weighted by molar-refractivity contribution is 0.0321. The summed E-state index contributed by atoms with van der Waals surface area (Å²) in [6.07, 6.45) is 1.40. The highest BCUT2D eigenvalue weighted by atomic mass is 32.1. The van der Waals surface area contributed by atoms with E-state index in [1.165, 1.54) is 11.3 Å². The van der Waals surface area contributed by atoms with Crippen LogP contribution in [0.5, 0.6) is 0 Å². The third-order valence-electron chi connectivity index (χ3n) is 3.43. The third-order valence-corrected chi connectivity index (χ3v) is 4.33. The zero-order valence-electron chi connectivity index (χ0n) is 11.2. The van der Waals surface area contributed by atoms with Crippen LogP contribution >= 0.6 is 11.3 Å². The van der Waals surface area contributed by atoms with Crippen LogP contribution in [-0.4, -0.2) is 27.2 Å². The van der Waals surface area contributed by atoms with E-state index in [4.69, 9.17) is 0 Å². The van der Waals surface area contributed by atoms with E-state index in [-0.39, 0.29) is 5.56 Å². The Morgan fingerprint density at radius 2 is 2.21 bits per heavy atom. The summed E-state index contributed by atoms with van der Waals surface area (Å²) in [5.41, 5.74) is -0.0582. The Morgan fingerprint density at radius 1 is 1.47 bits per heavy atom. The Morgan fingerprint density at radius 3 is 2.89 bits per heavy atom. The summed E-state index contributed by atoms with van der Waals surface area (Å²) in [5.74, 6) is 0.602. The summed E-state index contributed by atoms with van der Waals surface area (Å²) in [4.78, 5) is 18.9. The molecule has 0 fully saturated rings. The van der Waals surface area contributed by atoms with E-state index < -0.39 is 5.60 Å². The van der Waals surface area contributed by atoms with Crippen molar-refractivity contribution >= 4 is 21.6 Å². The van der Waals surface area contributed by atoms with Crippen LogP contribution in [0.4, 0.5) is 0 Å². The molecule has 0 spiro atoms. The van der Waals surface area contributed by atoms with Gasteiger partial charge in [0.2, 0.25) is 0 Å². The van der Waals surface area contributed by atoms with Crippen LogP contribution < -0.4 is 10.9 Å². The molecule has 19 heavy (non-hydrogen) atoms. The summed E-state index contributed by atoms with van der Waals surface area (Å²) < 4.78 is 0.655. The van der Waals surface area contributed by atoms with Crippen molar-refractivity contribution < 1.29 is 5.11 Å². The second-order valence-corrected chi connectivity index (χ2v) is 5.60. The zero-order valence-corrected chi connectivity index (χ0v) is 12.0. The van der Waals surface area contributed by atoms with Gasteiger partial charge in [0, 0.05) is 6.54 Å². The Hall–Kier alpha value is -1.24. The van der Waals surface area contributed by atoms with E-state index in [1.54, 1.807) is 0 Å². The zero-order chi connectivity index (χ0) is 13.9. The summed E-state index contributed by atoms with van der Waals surface area (Å²) in [6, 6.07) is 1.84. The van der Waals surface area contributed by atoms with Gasteiger partial charge in [-0.1, -0.05) is 13.8 Å². The molecule has 0 atom stereocenters. The highest BCUT2D eigenvalue weighted by Gasteiger charge is 2.21. The van der Waals surface area contributed by atoms with Gasteiger partial charge in [-0.15, -0.1) is 11.3 Å².